The maximum absolute atomic E-state index is 12.0. The molecule has 3 nitrogen and oxygen atoms in total. The number of hydrogen-bond donors (Lipinski definition) is 2. The van der Waals surface area contributed by atoms with E-state index in [1.165, 1.54) is 6.92 Å². The minimum atomic E-state index is -4.19. The second-order valence-corrected chi connectivity index (χ2v) is 3.98. The average molecular weight is 240 g/mol. The molecule has 1 amide bonds. The van der Waals surface area contributed by atoms with Crippen LogP contribution in [0.1, 0.15) is 33.6 Å². The first kappa shape index (κ1) is 15.2. The van der Waals surface area contributed by atoms with Crippen LogP contribution in [0.4, 0.5) is 13.2 Å². The van der Waals surface area contributed by atoms with E-state index in [1.807, 2.05) is 13.8 Å². The number of rotatable bonds is 6. The highest BCUT2D eigenvalue weighted by molar-refractivity contribution is 5.78. The summed E-state index contributed by atoms with van der Waals surface area (Å²) in [6, 6.07) is -0.699. The van der Waals surface area contributed by atoms with Crippen molar-refractivity contribution in [1.82, 2.24) is 10.6 Å². The van der Waals surface area contributed by atoms with Crippen molar-refractivity contribution in [1.29, 1.82) is 0 Å². The molecule has 2 N–H and O–H groups in total. The summed E-state index contributed by atoms with van der Waals surface area (Å²) in [4.78, 5) is 11.2. The maximum Gasteiger partial charge on any atom is 0.390 e. The van der Waals surface area contributed by atoms with Gasteiger partial charge in [0.25, 0.3) is 0 Å². The normalized spacial score (nSPS) is 15.6. The lowest BCUT2D eigenvalue weighted by Crippen LogP contribution is -2.42. The highest BCUT2D eigenvalue weighted by Gasteiger charge is 2.29. The molecule has 0 saturated heterocycles. The number of nitrogens with one attached hydrogen (secondary N) is 2. The zero-order chi connectivity index (χ0) is 12.8. The number of halogens is 3. The van der Waals surface area contributed by atoms with E-state index < -0.39 is 18.6 Å². The predicted octanol–water partition coefficient (Wildman–Crippen LogP) is 1.83. The van der Waals surface area contributed by atoms with Crippen molar-refractivity contribution in [3.05, 3.63) is 0 Å². The summed E-state index contributed by atoms with van der Waals surface area (Å²) in [7, 11) is 0. The Kier molecular flexibility index (Phi) is 6.40. The zero-order valence-electron chi connectivity index (χ0n) is 9.82. The molecular weight excluding hydrogens is 221 g/mol. The molecule has 0 rings (SSSR count). The first-order chi connectivity index (χ1) is 7.24. The second kappa shape index (κ2) is 6.73. The molecule has 0 aromatic heterocycles. The fraction of sp³-hybridized carbons (Fsp3) is 0.900. The molecule has 0 spiro atoms. The lowest BCUT2D eigenvalue weighted by Gasteiger charge is -2.17. The van der Waals surface area contributed by atoms with Gasteiger partial charge in [-0.15, -0.1) is 0 Å². The summed E-state index contributed by atoms with van der Waals surface area (Å²) >= 11 is 0. The molecule has 0 aliphatic carbocycles. The zero-order valence-corrected chi connectivity index (χ0v) is 9.82. The molecule has 96 valence electrons. The fourth-order valence-electron chi connectivity index (χ4n) is 1.11. The van der Waals surface area contributed by atoms with Crippen LogP contribution in [0.3, 0.4) is 0 Å². The van der Waals surface area contributed by atoms with Crippen LogP contribution in [0.25, 0.3) is 0 Å². The van der Waals surface area contributed by atoms with Crippen LogP contribution in [-0.2, 0) is 4.79 Å². The highest BCUT2D eigenvalue weighted by Crippen LogP contribution is 2.20. The van der Waals surface area contributed by atoms with E-state index in [1.54, 1.807) is 0 Å². The third-order valence-corrected chi connectivity index (χ3v) is 2.17. The monoisotopic (exact) mass is 240 g/mol. The van der Waals surface area contributed by atoms with E-state index in [2.05, 4.69) is 10.6 Å². The second-order valence-electron chi connectivity index (χ2n) is 3.98. The van der Waals surface area contributed by atoms with Crippen molar-refractivity contribution in [2.75, 3.05) is 6.54 Å². The summed E-state index contributed by atoms with van der Waals surface area (Å²) in [6.07, 6.45) is -4.33. The molecule has 0 radical (unpaired) electrons. The van der Waals surface area contributed by atoms with Crippen molar-refractivity contribution < 1.29 is 18.0 Å². The Morgan fingerprint density at radius 3 is 2.25 bits per heavy atom. The molecule has 0 fully saturated rings. The first-order valence-corrected chi connectivity index (χ1v) is 5.34. The van der Waals surface area contributed by atoms with Crippen LogP contribution in [0.5, 0.6) is 0 Å². The summed E-state index contributed by atoms with van der Waals surface area (Å²) in [6.45, 7) is 5.09. The lowest BCUT2D eigenvalue weighted by molar-refractivity contribution is -0.140. The standard InChI is InChI=1S/C10H19F3N2O/c1-4-7(2)15-9(16)6-14-8(3)5-10(11,12)13/h7-8,14H,4-6H2,1-3H3,(H,15,16). The molecule has 2 atom stereocenters. The summed E-state index contributed by atoms with van der Waals surface area (Å²) in [5.41, 5.74) is 0. The maximum atomic E-state index is 12.0. The molecule has 0 saturated carbocycles. The minimum absolute atomic E-state index is 0.0484. The van der Waals surface area contributed by atoms with Crippen molar-refractivity contribution in [2.45, 2.75) is 51.9 Å². The van der Waals surface area contributed by atoms with Gasteiger partial charge < -0.3 is 10.6 Å². The molecule has 0 bridgehead atoms. The van der Waals surface area contributed by atoms with Gasteiger partial charge in [0, 0.05) is 12.1 Å². The van der Waals surface area contributed by atoms with Crippen LogP contribution in [0, 0.1) is 0 Å². The van der Waals surface area contributed by atoms with Gasteiger partial charge in [0.05, 0.1) is 13.0 Å². The van der Waals surface area contributed by atoms with E-state index >= 15 is 0 Å². The number of amides is 1. The topological polar surface area (TPSA) is 41.1 Å². The number of carbonyl (C=O) groups is 1. The van der Waals surface area contributed by atoms with Gasteiger partial charge in [-0.1, -0.05) is 6.92 Å². The molecule has 0 aliphatic heterocycles. The Balaban J connectivity index is 3.75. The van der Waals surface area contributed by atoms with Crippen LogP contribution in [-0.4, -0.2) is 30.7 Å². The van der Waals surface area contributed by atoms with Gasteiger partial charge in [-0.3, -0.25) is 4.79 Å². The van der Waals surface area contributed by atoms with Crippen molar-refractivity contribution in [2.24, 2.45) is 0 Å². The molecule has 16 heavy (non-hydrogen) atoms. The quantitative estimate of drug-likeness (QED) is 0.743. The van der Waals surface area contributed by atoms with E-state index in [0.29, 0.717) is 0 Å². The van der Waals surface area contributed by atoms with Crippen LogP contribution in [0.2, 0.25) is 0 Å². The van der Waals surface area contributed by atoms with Gasteiger partial charge in [-0.25, -0.2) is 0 Å². The smallest absolute Gasteiger partial charge is 0.353 e. The van der Waals surface area contributed by atoms with Gasteiger partial charge in [-0.2, -0.15) is 13.2 Å². The molecule has 6 heteroatoms. The number of hydrogen-bond acceptors (Lipinski definition) is 2. The Morgan fingerprint density at radius 1 is 1.25 bits per heavy atom. The van der Waals surface area contributed by atoms with Gasteiger partial charge in [0.15, 0.2) is 0 Å². The number of alkyl halides is 3. The molecule has 0 aromatic carbocycles. The van der Waals surface area contributed by atoms with Gasteiger partial charge in [0.2, 0.25) is 5.91 Å². The molecule has 2 unspecified atom stereocenters. The van der Waals surface area contributed by atoms with Gasteiger partial charge in [0.1, 0.15) is 0 Å². The average Bonchev–Trinajstić information content (AvgIpc) is 2.12. The van der Waals surface area contributed by atoms with Gasteiger partial charge >= 0.3 is 6.18 Å². The Hall–Kier alpha value is -0.780. The molecule has 0 aromatic rings. The van der Waals surface area contributed by atoms with Crippen LogP contribution >= 0.6 is 0 Å². The largest absolute Gasteiger partial charge is 0.390 e. The highest BCUT2D eigenvalue weighted by atomic mass is 19.4. The Bertz CT molecular complexity index is 219. The Morgan fingerprint density at radius 2 is 1.81 bits per heavy atom. The third-order valence-electron chi connectivity index (χ3n) is 2.17. The predicted molar refractivity (Wildman–Crippen MR) is 56.0 cm³/mol. The lowest BCUT2D eigenvalue weighted by atomic mass is 10.2. The fourth-order valence-corrected chi connectivity index (χ4v) is 1.11. The van der Waals surface area contributed by atoms with Crippen LogP contribution < -0.4 is 10.6 Å². The third kappa shape index (κ3) is 8.52. The summed E-state index contributed by atoms with van der Waals surface area (Å²) < 4.78 is 35.9. The van der Waals surface area contributed by atoms with E-state index in [9.17, 15) is 18.0 Å². The van der Waals surface area contributed by atoms with Crippen LogP contribution in [0.15, 0.2) is 0 Å². The van der Waals surface area contributed by atoms with Gasteiger partial charge in [-0.05, 0) is 20.3 Å². The minimum Gasteiger partial charge on any atom is -0.353 e. The van der Waals surface area contributed by atoms with Crippen molar-refractivity contribution >= 4 is 5.91 Å². The van der Waals surface area contributed by atoms with E-state index in [4.69, 9.17) is 0 Å². The molecule has 0 heterocycles. The number of carbonyl (C=O) groups excluding carboxylic acids is 1. The Labute approximate surface area is 93.8 Å². The van der Waals surface area contributed by atoms with Crippen molar-refractivity contribution in [3.8, 4) is 0 Å². The SMILES string of the molecule is CCC(C)NC(=O)CNC(C)CC(F)(F)F. The summed E-state index contributed by atoms with van der Waals surface area (Å²) in [5, 5.41) is 5.20. The van der Waals surface area contributed by atoms with Crippen molar-refractivity contribution in [3.63, 3.8) is 0 Å². The molecular formula is C10H19F3N2O. The summed E-state index contributed by atoms with van der Waals surface area (Å²) in [5.74, 6) is -0.275. The molecule has 0 aliphatic rings. The van der Waals surface area contributed by atoms with E-state index in [-0.39, 0.29) is 18.5 Å². The van der Waals surface area contributed by atoms with E-state index in [0.717, 1.165) is 6.42 Å². The first-order valence-electron chi connectivity index (χ1n) is 5.34.